The predicted molar refractivity (Wildman–Crippen MR) is 79.8 cm³/mol. The Labute approximate surface area is 122 Å². The van der Waals surface area contributed by atoms with Crippen LogP contribution in [0.3, 0.4) is 0 Å². The number of nitrogens with two attached hydrogens (primary N) is 1. The Morgan fingerprint density at radius 1 is 1.14 bits per heavy atom. The van der Waals surface area contributed by atoms with Crippen molar-refractivity contribution in [1.82, 2.24) is 20.2 Å². The fourth-order valence-electron chi connectivity index (χ4n) is 2.04. The first-order chi connectivity index (χ1) is 10.2. The Balaban J connectivity index is 1.81. The minimum absolute atomic E-state index is 0.534. The first-order valence-electron chi connectivity index (χ1n) is 6.51. The molecular weight excluding hydrogens is 266 g/mol. The largest absolute Gasteiger partial charge is 0.497 e. The summed E-state index contributed by atoms with van der Waals surface area (Å²) in [6.07, 6.45) is 0. The van der Waals surface area contributed by atoms with Gasteiger partial charge >= 0.3 is 0 Å². The third-order valence-electron chi connectivity index (χ3n) is 3.06. The van der Waals surface area contributed by atoms with Gasteiger partial charge in [0.25, 0.3) is 0 Å². The van der Waals surface area contributed by atoms with Crippen LogP contribution in [0.2, 0.25) is 0 Å². The van der Waals surface area contributed by atoms with Gasteiger partial charge in [0.1, 0.15) is 5.75 Å². The molecule has 0 aliphatic heterocycles. The van der Waals surface area contributed by atoms with Crippen LogP contribution >= 0.6 is 0 Å². The van der Waals surface area contributed by atoms with Crippen LogP contribution in [0, 0.1) is 0 Å². The second-order valence-electron chi connectivity index (χ2n) is 4.62. The van der Waals surface area contributed by atoms with Crippen molar-refractivity contribution in [3.05, 3.63) is 54.1 Å². The standard InChI is InChI=1S/C15H15N5O/c1-21-14-7-2-4-11(8-14)10-20-18-15(17-19-20)12-5-3-6-13(16)9-12/h2-9H,10,16H2,1H3. The fourth-order valence-corrected chi connectivity index (χ4v) is 2.04. The molecule has 0 spiro atoms. The number of hydrogen-bond donors (Lipinski definition) is 1. The van der Waals surface area contributed by atoms with Crippen LogP contribution in [0.5, 0.6) is 5.75 Å². The lowest BCUT2D eigenvalue weighted by Crippen LogP contribution is -2.04. The van der Waals surface area contributed by atoms with Gasteiger partial charge in [0.05, 0.1) is 13.7 Å². The van der Waals surface area contributed by atoms with E-state index >= 15 is 0 Å². The monoisotopic (exact) mass is 281 g/mol. The van der Waals surface area contributed by atoms with Crippen LogP contribution in [0.4, 0.5) is 5.69 Å². The summed E-state index contributed by atoms with van der Waals surface area (Å²) in [6.45, 7) is 0.534. The van der Waals surface area contributed by atoms with Gasteiger partial charge in [-0.05, 0) is 35.0 Å². The van der Waals surface area contributed by atoms with E-state index in [0.717, 1.165) is 16.9 Å². The van der Waals surface area contributed by atoms with E-state index in [1.807, 2.05) is 48.5 Å². The Kier molecular flexibility index (Phi) is 3.51. The highest BCUT2D eigenvalue weighted by atomic mass is 16.5. The maximum Gasteiger partial charge on any atom is 0.205 e. The summed E-state index contributed by atoms with van der Waals surface area (Å²) in [5.41, 5.74) is 8.34. The number of rotatable bonds is 4. The number of methoxy groups -OCH3 is 1. The maximum absolute atomic E-state index is 5.76. The molecule has 0 atom stereocenters. The van der Waals surface area contributed by atoms with Crippen LogP contribution < -0.4 is 10.5 Å². The number of hydrogen-bond acceptors (Lipinski definition) is 5. The van der Waals surface area contributed by atoms with Crippen molar-refractivity contribution in [1.29, 1.82) is 0 Å². The molecule has 2 N–H and O–H groups in total. The van der Waals surface area contributed by atoms with E-state index in [-0.39, 0.29) is 0 Å². The van der Waals surface area contributed by atoms with E-state index in [4.69, 9.17) is 10.5 Å². The molecule has 0 fully saturated rings. The summed E-state index contributed by atoms with van der Waals surface area (Å²) in [5.74, 6) is 1.37. The molecule has 6 nitrogen and oxygen atoms in total. The first kappa shape index (κ1) is 13.1. The Morgan fingerprint density at radius 3 is 2.81 bits per heavy atom. The lowest BCUT2D eigenvalue weighted by Gasteiger charge is -2.03. The van der Waals surface area contributed by atoms with E-state index < -0.39 is 0 Å². The highest BCUT2D eigenvalue weighted by molar-refractivity contribution is 5.60. The number of benzene rings is 2. The molecule has 106 valence electrons. The molecule has 0 unspecified atom stereocenters. The predicted octanol–water partition coefficient (Wildman–Crippen LogP) is 1.98. The number of aromatic nitrogens is 4. The van der Waals surface area contributed by atoms with Crippen molar-refractivity contribution >= 4 is 5.69 Å². The lowest BCUT2D eigenvalue weighted by molar-refractivity contribution is 0.413. The van der Waals surface area contributed by atoms with E-state index in [1.54, 1.807) is 11.9 Å². The SMILES string of the molecule is COc1cccc(Cn2nnc(-c3cccc(N)c3)n2)c1. The number of ether oxygens (including phenoxy) is 1. The van der Waals surface area contributed by atoms with Gasteiger partial charge in [-0.3, -0.25) is 0 Å². The minimum Gasteiger partial charge on any atom is -0.497 e. The van der Waals surface area contributed by atoms with E-state index in [0.29, 0.717) is 18.1 Å². The number of nitrogen functional groups attached to an aromatic ring is 1. The first-order valence-corrected chi connectivity index (χ1v) is 6.51. The van der Waals surface area contributed by atoms with Crippen LogP contribution in [-0.2, 0) is 6.54 Å². The van der Waals surface area contributed by atoms with Gasteiger partial charge in [-0.25, -0.2) is 0 Å². The second-order valence-corrected chi connectivity index (χ2v) is 4.62. The summed E-state index contributed by atoms with van der Waals surface area (Å²) in [5, 5.41) is 12.5. The zero-order valence-corrected chi connectivity index (χ0v) is 11.6. The zero-order chi connectivity index (χ0) is 14.7. The van der Waals surface area contributed by atoms with Crippen molar-refractivity contribution in [3.8, 4) is 17.1 Å². The summed E-state index contributed by atoms with van der Waals surface area (Å²) in [7, 11) is 1.64. The van der Waals surface area contributed by atoms with E-state index in [2.05, 4.69) is 15.4 Å². The molecule has 21 heavy (non-hydrogen) atoms. The van der Waals surface area contributed by atoms with Gasteiger partial charge in [-0.2, -0.15) is 4.80 Å². The van der Waals surface area contributed by atoms with Gasteiger partial charge in [0, 0.05) is 11.3 Å². The van der Waals surface area contributed by atoms with Crippen molar-refractivity contribution < 1.29 is 4.74 Å². The lowest BCUT2D eigenvalue weighted by atomic mass is 10.2. The zero-order valence-electron chi connectivity index (χ0n) is 11.6. The molecule has 0 saturated carbocycles. The van der Waals surface area contributed by atoms with Crippen molar-refractivity contribution in [2.75, 3.05) is 12.8 Å². The molecule has 0 saturated heterocycles. The maximum atomic E-state index is 5.76. The average molecular weight is 281 g/mol. The molecule has 0 aliphatic rings. The van der Waals surface area contributed by atoms with Crippen molar-refractivity contribution in [2.45, 2.75) is 6.54 Å². The summed E-state index contributed by atoms with van der Waals surface area (Å²) < 4.78 is 5.20. The van der Waals surface area contributed by atoms with Crippen molar-refractivity contribution in [2.24, 2.45) is 0 Å². The molecule has 3 aromatic rings. The number of anilines is 1. The Morgan fingerprint density at radius 2 is 2.00 bits per heavy atom. The van der Waals surface area contributed by atoms with Gasteiger partial charge in [-0.1, -0.05) is 24.3 Å². The molecule has 2 aromatic carbocycles. The second kappa shape index (κ2) is 5.62. The Bertz CT molecular complexity index is 753. The molecule has 0 bridgehead atoms. The smallest absolute Gasteiger partial charge is 0.205 e. The highest BCUT2D eigenvalue weighted by Gasteiger charge is 2.07. The third kappa shape index (κ3) is 3.00. The summed E-state index contributed by atoms with van der Waals surface area (Å²) in [6, 6.07) is 15.2. The molecule has 6 heteroatoms. The number of tetrazole rings is 1. The third-order valence-corrected chi connectivity index (χ3v) is 3.06. The van der Waals surface area contributed by atoms with Gasteiger partial charge in [0.2, 0.25) is 5.82 Å². The van der Waals surface area contributed by atoms with E-state index in [9.17, 15) is 0 Å². The summed E-state index contributed by atoms with van der Waals surface area (Å²) in [4.78, 5) is 1.55. The fraction of sp³-hybridized carbons (Fsp3) is 0.133. The number of nitrogens with zero attached hydrogens (tertiary/aromatic N) is 4. The van der Waals surface area contributed by atoms with Crippen LogP contribution in [0.25, 0.3) is 11.4 Å². The van der Waals surface area contributed by atoms with Gasteiger partial charge in [0.15, 0.2) is 0 Å². The molecule has 3 rings (SSSR count). The van der Waals surface area contributed by atoms with Crippen LogP contribution in [0.1, 0.15) is 5.56 Å². The molecule has 1 aromatic heterocycles. The Hall–Kier alpha value is -2.89. The summed E-state index contributed by atoms with van der Waals surface area (Å²) >= 11 is 0. The van der Waals surface area contributed by atoms with Crippen molar-refractivity contribution in [3.63, 3.8) is 0 Å². The topological polar surface area (TPSA) is 78.8 Å². The minimum atomic E-state index is 0.534. The molecule has 0 aliphatic carbocycles. The quantitative estimate of drug-likeness (QED) is 0.740. The highest BCUT2D eigenvalue weighted by Crippen LogP contribution is 2.17. The van der Waals surface area contributed by atoms with E-state index in [1.165, 1.54) is 0 Å². The van der Waals surface area contributed by atoms with Gasteiger partial charge < -0.3 is 10.5 Å². The molecule has 0 radical (unpaired) electrons. The average Bonchev–Trinajstić information content (AvgIpc) is 2.96. The molecule has 0 amide bonds. The van der Waals surface area contributed by atoms with Gasteiger partial charge in [-0.15, -0.1) is 10.2 Å². The van der Waals surface area contributed by atoms with Crippen LogP contribution in [-0.4, -0.2) is 27.3 Å². The van der Waals surface area contributed by atoms with Crippen LogP contribution in [0.15, 0.2) is 48.5 Å². The molecule has 1 heterocycles. The molecular formula is C15H15N5O. The normalized spacial score (nSPS) is 10.5.